The molecule has 0 radical (unpaired) electrons. The minimum absolute atomic E-state index is 0.255. The van der Waals surface area contributed by atoms with Gasteiger partial charge in [0.15, 0.2) is 12.1 Å². The van der Waals surface area contributed by atoms with Crippen molar-refractivity contribution in [2.24, 2.45) is 5.73 Å². The van der Waals surface area contributed by atoms with E-state index in [0.717, 1.165) is 0 Å². The van der Waals surface area contributed by atoms with Gasteiger partial charge in [-0.25, -0.2) is 0 Å². The van der Waals surface area contributed by atoms with Crippen molar-refractivity contribution in [1.82, 2.24) is 5.32 Å². The molecule has 1 amide bonds. The van der Waals surface area contributed by atoms with Crippen LogP contribution < -0.4 is 11.1 Å². The third-order valence-corrected chi connectivity index (χ3v) is 3.87. The van der Waals surface area contributed by atoms with Gasteiger partial charge in [0.1, 0.15) is 23.9 Å². The zero-order chi connectivity index (χ0) is 15.8. The van der Waals surface area contributed by atoms with Crippen LogP contribution in [0.25, 0.3) is 0 Å². The van der Waals surface area contributed by atoms with Crippen LogP contribution in [-0.2, 0) is 19.0 Å². The molecule has 5 atom stereocenters. The summed E-state index contributed by atoms with van der Waals surface area (Å²) in [6.45, 7) is 4.69. The molecule has 0 aliphatic carbocycles. The normalized spacial score (nSPS) is 41.6. The standard InChI is InChI=1S/C13H24N2O6/c1-7(17)15-8-9-10(20-12(2,3)19-9)13(6-16,4-5-14)21-11(8)18/h8-11,16,18H,4-6,14H2,1-3H3,(H,15,17)/t8-,9+,10+,11?,13+/m0/s1. The molecule has 2 rings (SSSR count). The van der Waals surface area contributed by atoms with Crippen molar-refractivity contribution >= 4 is 5.91 Å². The highest BCUT2D eigenvalue weighted by molar-refractivity contribution is 5.73. The highest BCUT2D eigenvalue weighted by Crippen LogP contribution is 2.43. The molecule has 2 aliphatic heterocycles. The second-order valence-corrected chi connectivity index (χ2v) is 6.02. The number of nitrogens with two attached hydrogens (primary N) is 1. The lowest BCUT2D eigenvalue weighted by molar-refractivity contribution is -0.283. The van der Waals surface area contributed by atoms with E-state index in [0.29, 0.717) is 6.42 Å². The number of aliphatic hydroxyl groups excluding tert-OH is 2. The van der Waals surface area contributed by atoms with Gasteiger partial charge in [-0.05, 0) is 26.8 Å². The van der Waals surface area contributed by atoms with Crippen molar-refractivity contribution in [2.75, 3.05) is 13.2 Å². The smallest absolute Gasteiger partial charge is 0.217 e. The monoisotopic (exact) mass is 304 g/mol. The van der Waals surface area contributed by atoms with Gasteiger partial charge in [-0.15, -0.1) is 0 Å². The molecule has 21 heavy (non-hydrogen) atoms. The van der Waals surface area contributed by atoms with Gasteiger partial charge in [0.05, 0.1) is 6.61 Å². The van der Waals surface area contributed by atoms with E-state index in [1.165, 1.54) is 6.92 Å². The summed E-state index contributed by atoms with van der Waals surface area (Å²) in [4.78, 5) is 11.3. The molecule has 2 heterocycles. The fourth-order valence-electron chi connectivity index (χ4n) is 3.04. The van der Waals surface area contributed by atoms with Crippen LogP contribution in [0.5, 0.6) is 0 Å². The average molecular weight is 304 g/mol. The van der Waals surface area contributed by atoms with Gasteiger partial charge < -0.3 is 35.5 Å². The van der Waals surface area contributed by atoms with Gasteiger partial charge in [-0.1, -0.05) is 0 Å². The Morgan fingerprint density at radius 1 is 1.33 bits per heavy atom. The number of ether oxygens (including phenoxy) is 3. The molecular formula is C13H24N2O6. The summed E-state index contributed by atoms with van der Waals surface area (Å²) >= 11 is 0. The van der Waals surface area contributed by atoms with E-state index in [-0.39, 0.29) is 19.1 Å². The molecule has 0 aromatic carbocycles. The number of aliphatic hydroxyl groups is 2. The first-order chi connectivity index (χ1) is 9.74. The van der Waals surface area contributed by atoms with E-state index in [2.05, 4.69) is 5.32 Å². The van der Waals surface area contributed by atoms with Gasteiger partial charge >= 0.3 is 0 Å². The van der Waals surface area contributed by atoms with Crippen molar-refractivity contribution < 1.29 is 29.2 Å². The van der Waals surface area contributed by atoms with E-state index in [9.17, 15) is 15.0 Å². The van der Waals surface area contributed by atoms with Crippen LogP contribution >= 0.6 is 0 Å². The van der Waals surface area contributed by atoms with Crippen molar-refractivity contribution in [3.63, 3.8) is 0 Å². The minimum atomic E-state index is -1.31. The topological polar surface area (TPSA) is 123 Å². The van der Waals surface area contributed by atoms with Gasteiger partial charge in [-0.3, -0.25) is 4.79 Å². The zero-order valence-electron chi connectivity index (χ0n) is 12.5. The Morgan fingerprint density at radius 3 is 2.52 bits per heavy atom. The number of carbonyl (C=O) groups excluding carboxylic acids is 1. The molecule has 2 saturated heterocycles. The molecule has 1 unspecified atom stereocenters. The maximum Gasteiger partial charge on any atom is 0.217 e. The lowest BCUT2D eigenvalue weighted by atomic mass is 9.83. The van der Waals surface area contributed by atoms with Crippen LogP contribution in [0.15, 0.2) is 0 Å². The molecule has 0 aromatic rings. The van der Waals surface area contributed by atoms with Gasteiger partial charge in [0.25, 0.3) is 0 Å². The van der Waals surface area contributed by atoms with Crippen molar-refractivity contribution in [2.45, 2.75) is 63.1 Å². The van der Waals surface area contributed by atoms with Gasteiger partial charge in [-0.2, -0.15) is 0 Å². The van der Waals surface area contributed by atoms with E-state index >= 15 is 0 Å². The number of amides is 1. The molecule has 8 heteroatoms. The molecule has 2 fully saturated rings. The van der Waals surface area contributed by atoms with Crippen molar-refractivity contribution in [1.29, 1.82) is 0 Å². The number of hydrogen-bond donors (Lipinski definition) is 4. The number of carbonyl (C=O) groups is 1. The second kappa shape index (κ2) is 5.79. The third kappa shape index (κ3) is 3.05. The van der Waals surface area contributed by atoms with E-state index in [1.54, 1.807) is 13.8 Å². The predicted molar refractivity (Wildman–Crippen MR) is 72.0 cm³/mol. The predicted octanol–water partition coefficient (Wildman–Crippen LogP) is -1.56. The van der Waals surface area contributed by atoms with Gasteiger partial charge in [0.2, 0.25) is 5.91 Å². The van der Waals surface area contributed by atoms with Crippen molar-refractivity contribution in [3.05, 3.63) is 0 Å². The van der Waals surface area contributed by atoms with Crippen LogP contribution in [0.1, 0.15) is 27.2 Å². The summed E-state index contributed by atoms with van der Waals surface area (Å²) < 4.78 is 17.2. The maximum atomic E-state index is 11.3. The molecule has 5 N–H and O–H groups in total. The van der Waals surface area contributed by atoms with Crippen LogP contribution in [0.3, 0.4) is 0 Å². The first kappa shape index (κ1) is 16.6. The summed E-state index contributed by atoms with van der Waals surface area (Å²) in [6.07, 6.45) is -2.28. The van der Waals surface area contributed by atoms with E-state index in [1.807, 2.05) is 0 Å². The summed E-state index contributed by atoms with van der Waals surface area (Å²) in [5.41, 5.74) is 4.44. The van der Waals surface area contributed by atoms with Crippen molar-refractivity contribution in [3.8, 4) is 0 Å². The van der Waals surface area contributed by atoms with E-state index < -0.39 is 35.9 Å². The summed E-state index contributed by atoms with van der Waals surface area (Å²) in [7, 11) is 0. The number of rotatable bonds is 4. The Labute approximate surface area is 123 Å². The van der Waals surface area contributed by atoms with Crippen LogP contribution in [0.2, 0.25) is 0 Å². The maximum absolute atomic E-state index is 11.3. The Hall–Kier alpha value is -0.770. The highest BCUT2D eigenvalue weighted by atomic mass is 16.8. The number of nitrogens with one attached hydrogen (secondary N) is 1. The molecule has 0 aromatic heterocycles. The summed E-state index contributed by atoms with van der Waals surface area (Å²) in [6, 6.07) is -0.772. The first-order valence-electron chi connectivity index (χ1n) is 7.04. The summed E-state index contributed by atoms with van der Waals surface area (Å²) in [5.74, 6) is -1.22. The fourth-order valence-corrected chi connectivity index (χ4v) is 3.04. The Morgan fingerprint density at radius 2 is 2.00 bits per heavy atom. The molecule has 0 spiro atoms. The molecule has 8 nitrogen and oxygen atoms in total. The number of fused-ring (bicyclic) bond motifs is 1. The Balaban J connectivity index is 2.33. The lowest BCUT2D eigenvalue weighted by Crippen LogP contribution is -2.68. The Bertz CT molecular complexity index is 404. The SMILES string of the molecule is CC(=O)N[C@@H]1C(O)O[C@@](CO)(CCN)[C@@H]2OC(C)(C)O[C@H]12. The van der Waals surface area contributed by atoms with Crippen LogP contribution in [0, 0.1) is 0 Å². The summed E-state index contributed by atoms with van der Waals surface area (Å²) in [5, 5.41) is 22.6. The third-order valence-electron chi connectivity index (χ3n) is 3.87. The second-order valence-electron chi connectivity index (χ2n) is 6.02. The zero-order valence-corrected chi connectivity index (χ0v) is 12.5. The van der Waals surface area contributed by atoms with Crippen LogP contribution in [-0.4, -0.2) is 65.2 Å². The van der Waals surface area contributed by atoms with Gasteiger partial charge in [0, 0.05) is 6.92 Å². The largest absolute Gasteiger partial charge is 0.393 e. The van der Waals surface area contributed by atoms with E-state index in [4.69, 9.17) is 19.9 Å². The number of hydrogen-bond acceptors (Lipinski definition) is 7. The molecule has 2 aliphatic rings. The first-order valence-corrected chi connectivity index (χ1v) is 7.04. The molecule has 0 saturated carbocycles. The molecule has 122 valence electrons. The molecule has 0 bridgehead atoms. The quantitative estimate of drug-likeness (QED) is 0.495. The average Bonchev–Trinajstić information content (AvgIpc) is 2.70. The minimum Gasteiger partial charge on any atom is -0.393 e. The lowest BCUT2D eigenvalue weighted by Gasteiger charge is -2.47. The molecular weight excluding hydrogens is 280 g/mol. The highest BCUT2D eigenvalue weighted by Gasteiger charge is 2.61. The van der Waals surface area contributed by atoms with Crippen LogP contribution in [0.4, 0.5) is 0 Å². The Kier molecular flexibility index (Phi) is 4.57. The fraction of sp³-hybridized carbons (Fsp3) is 0.923.